The van der Waals surface area contributed by atoms with Crippen LogP contribution in [-0.4, -0.2) is 24.1 Å². The highest BCUT2D eigenvalue weighted by Gasteiger charge is 2.21. The Morgan fingerprint density at radius 3 is 1.43 bits per heavy atom. The molecule has 0 unspecified atom stereocenters. The molecule has 0 atom stereocenters. The molecule has 9 aromatic rings. The standard InChI is InChI=1S/C37H23N5/c1-2-12-24(13-3-1)29-22-38-23-30-35(29)39-37(42-33-20-10-6-16-27(33)28-17-7-11-21-34(28)42)40-36(30)41-31-18-8-4-14-25(31)26-15-5-9-19-32(26)41/h1-23H. The largest absolute Gasteiger partial charge is 0.293 e. The SMILES string of the molecule is c1ccc(-c2cncc3c(-n4c5ccccc5c5ccccc54)nc(-n4c5ccccc5c5ccccc54)nc23)cc1. The third kappa shape index (κ3) is 3.22. The minimum absolute atomic E-state index is 0.625. The van der Waals surface area contributed by atoms with Crippen molar-refractivity contribution in [1.29, 1.82) is 0 Å². The smallest absolute Gasteiger partial charge is 0.237 e. The fourth-order valence-corrected chi connectivity index (χ4v) is 6.41. The predicted molar refractivity (Wildman–Crippen MR) is 171 cm³/mol. The average Bonchev–Trinajstić information content (AvgIpc) is 3.58. The van der Waals surface area contributed by atoms with Gasteiger partial charge in [-0.25, -0.2) is 4.98 Å². The highest BCUT2D eigenvalue weighted by atomic mass is 15.2. The van der Waals surface area contributed by atoms with Gasteiger partial charge in [-0.3, -0.25) is 14.1 Å². The van der Waals surface area contributed by atoms with E-state index in [2.05, 4.69) is 130 Å². The van der Waals surface area contributed by atoms with Crippen LogP contribution >= 0.6 is 0 Å². The van der Waals surface area contributed by atoms with Crippen LogP contribution in [0.25, 0.3) is 77.4 Å². The lowest BCUT2D eigenvalue weighted by Crippen LogP contribution is -2.08. The minimum Gasteiger partial charge on any atom is -0.293 e. The first-order valence-electron chi connectivity index (χ1n) is 14.0. The Kier molecular flexibility index (Phi) is 4.83. The van der Waals surface area contributed by atoms with E-state index in [1.807, 2.05) is 18.5 Å². The average molecular weight is 538 g/mol. The van der Waals surface area contributed by atoms with Gasteiger partial charge in [-0.1, -0.05) is 103 Å². The summed E-state index contributed by atoms with van der Waals surface area (Å²) in [6.07, 6.45) is 3.81. The monoisotopic (exact) mass is 537 g/mol. The summed E-state index contributed by atoms with van der Waals surface area (Å²) in [5.41, 5.74) is 7.23. The zero-order valence-electron chi connectivity index (χ0n) is 22.5. The van der Waals surface area contributed by atoms with Crippen molar-refractivity contribution < 1.29 is 0 Å². The number of pyridine rings is 1. The maximum atomic E-state index is 5.40. The number of hydrogen-bond donors (Lipinski definition) is 0. The first-order valence-corrected chi connectivity index (χ1v) is 14.0. The maximum absolute atomic E-state index is 5.40. The molecule has 5 aromatic carbocycles. The number of para-hydroxylation sites is 4. The van der Waals surface area contributed by atoms with Gasteiger partial charge in [-0.05, 0) is 29.8 Å². The summed E-state index contributed by atoms with van der Waals surface area (Å²) in [6, 6.07) is 44.4. The number of aromatic nitrogens is 5. The number of fused-ring (bicyclic) bond motifs is 7. The quantitative estimate of drug-likeness (QED) is 0.226. The maximum Gasteiger partial charge on any atom is 0.237 e. The molecule has 0 aliphatic rings. The van der Waals surface area contributed by atoms with E-state index in [0.717, 1.165) is 49.9 Å². The third-order valence-corrected chi connectivity index (χ3v) is 8.23. The number of nitrogens with zero attached hydrogens (tertiary/aromatic N) is 5. The molecule has 5 heteroatoms. The van der Waals surface area contributed by atoms with E-state index in [9.17, 15) is 0 Å². The molecule has 4 heterocycles. The highest BCUT2D eigenvalue weighted by Crippen LogP contribution is 2.37. The molecule has 0 radical (unpaired) electrons. The van der Waals surface area contributed by atoms with Crippen LogP contribution in [0.2, 0.25) is 0 Å². The van der Waals surface area contributed by atoms with E-state index in [0.29, 0.717) is 5.95 Å². The first-order chi connectivity index (χ1) is 20.9. The molecular weight excluding hydrogens is 514 g/mol. The molecule has 0 spiro atoms. The number of hydrogen-bond acceptors (Lipinski definition) is 3. The summed E-state index contributed by atoms with van der Waals surface area (Å²) in [4.78, 5) is 15.4. The molecule has 0 N–H and O–H groups in total. The van der Waals surface area contributed by atoms with Gasteiger partial charge in [0.05, 0.1) is 33.0 Å². The van der Waals surface area contributed by atoms with Crippen molar-refractivity contribution in [2.45, 2.75) is 0 Å². The molecule has 196 valence electrons. The van der Waals surface area contributed by atoms with Crippen LogP contribution in [-0.2, 0) is 0 Å². The molecule has 0 saturated carbocycles. The Bertz CT molecular complexity index is 2360. The summed E-state index contributed by atoms with van der Waals surface area (Å²) in [7, 11) is 0. The van der Waals surface area contributed by atoms with Crippen LogP contribution in [0.5, 0.6) is 0 Å². The van der Waals surface area contributed by atoms with Gasteiger partial charge in [0, 0.05) is 39.5 Å². The Hall–Kier alpha value is -5.81. The second-order valence-electron chi connectivity index (χ2n) is 10.5. The third-order valence-electron chi connectivity index (χ3n) is 8.23. The second kappa shape index (κ2) is 8.85. The van der Waals surface area contributed by atoms with Gasteiger partial charge in [0.25, 0.3) is 0 Å². The van der Waals surface area contributed by atoms with Crippen molar-refractivity contribution in [2.24, 2.45) is 0 Å². The first kappa shape index (κ1) is 22.9. The van der Waals surface area contributed by atoms with Gasteiger partial charge in [0.15, 0.2) is 5.82 Å². The van der Waals surface area contributed by atoms with Crippen LogP contribution in [0.1, 0.15) is 0 Å². The molecule has 0 aliphatic heterocycles. The van der Waals surface area contributed by atoms with Crippen LogP contribution in [0.3, 0.4) is 0 Å². The highest BCUT2D eigenvalue weighted by molar-refractivity contribution is 6.11. The fourth-order valence-electron chi connectivity index (χ4n) is 6.41. The van der Waals surface area contributed by atoms with Crippen LogP contribution in [0.4, 0.5) is 0 Å². The molecule has 0 bridgehead atoms. The summed E-state index contributed by atoms with van der Waals surface area (Å²) in [5, 5.41) is 5.62. The number of benzene rings is 5. The van der Waals surface area contributed by atoms with Crippen molar-refractivity contribution >= 4 is 54.5 Å². The Morgan fingerprint density at radius 2 is 0.881 bits per heavy atom. The Morgan fingerprint density at radius 1 is 0.405 bits per heavy atom. The van der Waals surface area contributed by atoms with Crippen LogP contribution in [0.15, 0.2) is 140 Å². The summed E-state index contributed by atoms with van der Waals surface area (Å²) < 4.78 is 4.46. The molecule has 9 rings (SSSR count). The van der Waals surface area contributed by atoms with Gasteiger partial charge >= 0.3 is 0 Å². The number of rotatable bonds is 3. The van der Waals surface area contributed by atoms with Gasteiger partial charge in [0.2, 0.25) is 5.95 Å². The molecule has 42 heavy (non-hydrogen) atoms. The van der Waals surface area contributed by atoms with Gasteiger partial charge in [-0.2, -0.15) is 4.98 Å². The second-order valence-corrected chi connectivity index (χ2v) is 10.5. The summed E-state index contributed by atoms with van der Waals surface area (Å²) >= 11 is 0. The lowest BCUT2D eigenvalue weighted by Gasteiger charge is -2.15. The van der Waals surface area contributed by atoms with E-state index < -0.39 is 0 Å². The lowest BCUT2D eigenvalue weighted by molar-refractivity contribution is 0.971. The van der Waals surface area contributed by atoms with Crippen molar-refractivity contribution in [3.05, 3.63) is 140 Å². The predicted octanol–water partition coefficient (Wildman–Crippen LogP) is 8.89. The summed E-state index contributed by atoms with van der Waals surface area (Å²) in [5.74, 6) is 1.43. The molecule has 5 nitrogen and oxygen atoms in total. The topological polar surface area (TPSA) is 48.5 Å². The minimum atomic E-state index is 0.625. The Labute approximate surface area is 241 Å². The van der Waals surface area contributed by atoms with E-state index in [1.54, 1.807) is 0 Å². The zero-order chi connectivity index (χ0) is 27.6. The van der Waals surface area contributed by atoms with E-state index in [-0.39, 0.29) is 0 Å². The van der Waals surface area contributed by atoms with Crippen LogP contribution < -0.4 is 0 Å². The van der Waals surface area contributed by atoms with Crippen molar-refractivity contribution in [3.8, 4) is 22.9 Å². The van der Waals surface area contributed by atoms with Gasteiger partial charge in [0.1, 0.15) is 0 Å². The Balaban J connectivity index is 1.48. The molecule has 0 amide bonds. The normalized spacial score (nSPS) is 11.8. The molecule has 4 aromatic heterocycles. The van der Waals surface area contributed by atoms with Crippen molar-refractivity contribution in [2.75, 3.05) is 0 Å². The van der Waals surface area contributed by atoms with Crippen molar-refractivity contribution in [3.63, 3.8) is 0 Å². The molecular formula is C37H23N5. The van der Waals surface area contributed by atoms with E-state index in [4.69, 9.17) is 15.0 Å². The summed E-state index contributed by atoms with van der Waals surface area (Å²) in [6.45, 7) is 0. The fraction of sp³-hybridized carbons (Fsp3) is 0. The zero-order valence-corrected chi connectivity index (χ0v) is 22.5. The molecule has 0 saturated heterocycles. The van der Waals surface area contributed by atoms with E-state index >= 15 is 0 Å². The van der Waals surface area contributed by atoms with Crippen molar-refractivity contribution in [1.82, 2.24) is 24.1 Å². The van der Waals surface area contributed by atoms with Gasteiger partial charge in [-0.15, -0.1) is 0 Å². The molecule has 0 fully saturated rings. The van der Waals surface area contributed by atoms with Gasteiger partial charge < -0.3 is 0 Å². The lowest BCUT2D eigenvalue weighted by atomic mass is 10.1. The molecule has 0 aliphatic carbocycles. The van der Waals surface area contributed by atoms with Crippen LogP contribution in [0, 0.1) is 0 Å². The van der Waals surface area contributed by atoms with E-state index in [1.165, 1.54) is 21.5 Å².